The number of benzene rings is 1. The van der Waals surface area contributed by atoms with Crippen molar-refractivity contribution in [3.8, 4) is 11.5 Å². The molecule has 0 aromatic heterocycles. The van der Waals surface area contributed by atoms with Crippen LogP contribution >= 0.6 is 0 Å². The average molecular weight is 281 g/mol. The van der Waals surface area contributed by atoms with Gasteiger partial charge in [0.1, 0.15) is 0 Å². The highest BCUT2D eigenvalue weighted by Crippen LogP contribution is 2.30. The maximum Gasteiger partial charge on any atom is 0.261 e. The fraction of sp³-hybridized carbons (Fsp3) is 0.500. The molecule has 1 aliphatic rings. The Bertz CT molecular complexity index is 437. The second kappa shape index (κ2) is 7.72. The molecule has 1 unspecified atom stereocenters. The van der Waals surface area contributed by atoms with Crippen LogP contribution in [0.4, 0.5) is 0 Å². The van der Waals surface area contributed by atoms with E-state index in [4.69, 9.17) is 19.3 Å². The fourth-order valence-corrected chi connectivity index (χ4v) is 1.87. The number of fused-ring (bicyclic) bond motifs is 1. The topological polar surface area (TPSA) is 77.0 Å². The van der Waals surface area contributed by atoms with Crippen molar-refractivity contribution >= 4 is 5.91 Å². The van der Waals surface area contributed by atoms with Crippen LogP contribution in [0.5, 0.6) is 11.5 Å². The minimum Gasteiger partial charge on any atom is -0.490 e. The largest absolute Gasteiger partial charge is 0.490 e. The Hall–Kier alpha value is -1.79. The van der Waals surface area contributed by atoms with Crippen molar-refractivity contribution in [1.82, 2.24) is 5.32 Å². The molecule has 0 bridgehead atoms. The number of ether oxygens (including phenoxy) is 3. The van der Waals surface area contributed by atoms with Gasteiger partial charge in [0.15, 0.2) is 17.6 Å². The molecule has 0 radical (unpaired) electrons. The number of nitrogens with one attached hydrogen (secondary N) is 1. The van der Waals surface area contributed by atoms with Gasteiger partial charge in [-0.05, 0) is 12.1 Å². The lowest BCUT2D eigenvalue weighted by Crippen LogP contribution is -2.40. The number of aliphatic hydroxyl groups excluding tert-OH is 1. The molecular weight excluding hydrogens is 262 g/mol. The minimum absolute atomic E-state index is 0.0200. The molecule has 20 heavy (non-hydrogen) atoms. The molecule has 1 aromatic rings. The fourth-order valence-electron chi connectivity index (χ4n) is 1.87. The Labute approximate surface area is 117 Å². The van der Waals surface area contributed by atoms with Gasteiger partial charge >= 0.3 is 0 Å². The Morgan fingerprint density at radius 1 is 1.35 bits per heavy atom. The van der Waals surface area contributed by atoms with Gasteiger partial charge in [-0.2, -0.15) is 0 Å². The lowest BCUT2D eigenvalue weighted by atomic mass is 10.2. The Balaban J connectivity index is 1.82. The van der Waals surface area contributed by atoms with E-state index in [0.717, 1.165) is 0 Å². The molecule has 0 saturated heterocycles. The molecule has 6 nitrogen and oxygen atoms in total. The molecule has 110 valence electrons. The van der Waals surface area contributed by atoms with Crippen molar-refractivity contribution in [3.63, 3.8) is 0 Å². The number of carbonyl (C=O) groups excluding carboxylic acids is 1. The monoisotopic (exact) mass is 281 g/mol. The van der Waals surface area contributed by atoms with Crippen LogP contribution < -0.4 is 14.8 Å². The Morgan fingerprint density at radius 2 is 2.15 bits per heavy atom. The summed E-state index contributed by atoms with van der Waals surface area (Å²) in [5.41, 5.74) is 0. The SMILES string of the molecule is O=C(NCCOCCO)C1CCOc2ccccc2O1. The van der Waals surface area contributed by atoms with E-state index in [9.17, 15) is 4.79 Å². The molecule has 0 fully saturated rings. The van der Waals surface area contributed by atoms with Crippen LogP contribution in [0.1, 0.15) is 6.42 Å². The van der Waals surface area contributed by atoms with Crippen LogP contribution in [-0.4, -0.2) is 50.1 Å². The van der Waals surface area contributed by atoms with Crippen LogP contribution in [-0.2, 0) is 9.53 Å². The summed E-state index contributed by atoms with van der Waals surface area (Å²) in [6.07, 6.45) is -0.0608. The highest BCUT2D eigenvalue weighted by atomic mass is 16.5. The summed E-state index contributed by atoms with van der Waals surface area (Å²) in [4.78, 5) is 12.0. The van der Waals surface area contributed by atoms with Crippen LogP contribution in [0, 0.1) is 0 Å². The number of rotatable bonds is 6. The summed E-state index contributed by atoms with van der Waals surface area (Å²) >= 11 is 0. The van der Waals surface area contributed by atoms with Crippen molar-refractivity contribution in [2.75, 3.05) is 33.0 Å². The van der Waals surface area contributed by atoms with Gasteiger partial charge in [-0.15, -0.1) is 0 Å². The minimum atomic E-state index is -0.559. The molecule has 6 heteroatoms. The first-order valence-electron chi connectivity index (χ1n) is 6.66. The lowest BCUT2D eigenvalue weighted by Gasteiger charge is -2.15. The molecule has 0 saturated carbocycles. The van der Waals surface area contributed by atoms with E-state index in [-0.39, 0.29) is 19.1 Å². The van der Waals surface area contributed by atoms with Gasteiger partial charge in [0.2, 0.25) is 0 Å². The Morgan fingerprint density at radius 3 is 2.95 bits per heavy atom. The highest BCUT2D eigenvalue weighted by Gasteiger charge is 2.24. The van der Waals surface area contributed by atoms with Crippen molar-refractivity contribution in [3.05, 3.63) is 24.3 Å². The third-order valence-corrected chi connectivity index (χ3v) is 2.83. The predicted molar refractivity (Wildman–Crippen MR) is 71.9 cm³/mol. The second-order valence-corrected chi connectivity index (χ2v) is 4.32. The van der Waals surface area contributed by atoms with Gasteiger partial charge in [0, 0.05) is 13.0 Å². The zero-order chi connectivity index (χ0) is 14.2. The first kappa shape index (κ1) is 14.6. The van der Waals surface area contributed by atoms with E-state index in [1.165, 1.54) is 0 Å². The number of aliphatic hydroxyl groups is 1. The van der Waals surface area contributed by atoms with E-state index < -0.39 is 6.10 Å². The third kappa shape index (κ3) is 4.11. The molecule has 1 aromatic carbocycles. The summed E-state index contributed by atoms with van der Waals surface area (Å²) in [6.45, 7) is 1.45. The standard InChI is InChI=1S/C14H19NO5/c16-7-10-18-9-6-15-14(17)13-5-8-19-11-3-1-2-4-12(11)20-13/h1-4,13,16H,5-10H2,(H,15,17). The van der Waals surface area contributed by atoms with Crippen molar-refractivity contribution < 1.29 is 24.1 Å². The molecule has 2 rings (SSSR count). The van der Waals surface area contributed by atoms with Gasteiger partial charge < -0.3 is 24.6 Å². The number of carbonyl (C=O) groups is 1. The summed E-state index contributed by atoms with van der Waals surface area (Å²) in [5.74, 6) is 1.06. The number of hydrogen-bond acceptors (Lipinski definition) is 5. The summed E-state index contributed by atoms with van der Waals surface area (Å²) in [6, 6.07) is 7.30. The third-order valence-electron chi connectivity index (χ3n) is 2.83. The number of hydrogen-bond donors (Lipinski definition) is 2. The van der Waals surface area contributed by atoms with Gasteiger partial charge in [-0.1, -0.05) is 12.1 Å². The lowest BCUT2D eigenvalue weighted by molar-refractivity contribution is -0.128. The predicted octanol–water partition coefficient (Wildman–Crippen LogP) is 0.342. The molecule has 0 spiro atoms. The number of amides is 1. The number of para-hydroxylation sites is 2. The van der Waals surface area contributed by atoms with Crippen molar-refractivity contribution in [2.45, 2.75) is 12.5 Å². The van der Waals surface area contributed by atoms with Crippen LogP contribution in [0.3, 0.4) is 0 Å². The first-order valence-corrected chi connectivity index (χ1v) is 6.66. The Kier molecular flexibility index (Phi) is 5.64. The molecule has 1 heterocycles. The summed E-state index contributed by atoms with van der Waals surface area (Å²) < 4.78 is 16.3. The van der Waals surface area contributed by atoms with Crippen molar-refractivity contribution in [1.29, 1.82) is 0 Å². The van der Waals surface area contributed by atoms with Crippen molar-refractivity contribution in [2.24, 2.45) is 0 Å². The molecule has 1 atom stereocenters. The normalized spacial score (nSPS) is 17.4. The highest BCUT2D eigenvalue weighted by molar-refractivity contribution is 5.81. The molecule has 0 aliphatic carbocycles. The van der Waals surface area contributed by atoms with Gasteiger partial charge in [-0.25, -0.2) is 0 Å². The van der Waals surface area contributed by atoms with E-state index in [1.54, 1.807) is 6.07 Å². The van der Waals surface area contributed by atoms with Gasteiger partial charge in [0.05, 0.1) is 26.4 Å². The zero-order valence-corrected chi connectivity index (χ0v) is 11.2. The maximum absolute atomic E-state index is 12.0. The molecule has 2 N–H and O–H groups in total. The van der Waals surface area contributed by atoms with Gasteiger partial charge in [0.25, 0.3) is 5.91 Å². The van der Waals surface area contributed by atoms with Gasteiger partial charge in [-0.3, -0.25) is 4.79 Å². The first-order chi connectivity index (χ1) is 9.81. The second-order valence-electron chi connectivity index (χ2n) is 4.32. The van der Waals surface area contributed by atoms with Crippen LogP contribution in [0.2, 0.25) is 0 Å². The molecule has 1 amide bonds. The van der Waals surface area contributed by atoms with E-state index in [2.05, 4.69) is 5.32 Å². The smallest absolute Gasteiger partial charge is 0.261 e. The maximum atomic E-state index is 12.0. The summed E-state index contributed by atoms with van der Waals surface area (Å²) in [7, 11) is 0. The zero-order valence-electron chi connectivity index (χ0n) is 11.2. The van der Waals surface area contributed by atoms with Crippen LogP contribution in [0.15, 0.2) is 24.3 Å². The van der Waals surface area contributed by atoms with E-state index in [0.29, 0.717) is 37.7 Å². The van der Waals surface area contributed by atoms with E-state index >= 15 is 0 Å². The molecular formula is C14H19NO5. The summed E-state index contributed by atoms with van der Waals surface area (Å²) in [5, 5.41) is 11.3. The van der Waals surface area contributed by atoms with Crippen LogP contribution in [0.25, 0.3) is 0 Å². The van der Waals surface area contributed by atoms with E-state index in [1.807, 2.05) is 18.2 Å². The molecule has 1 aliphatic heterocycles. The average Bonchev–Trinajstić information content (AvgIpc) is 2.69. The quantitative estimate of drug-likeness (QED) is 0.735.